The normalized spacial score (nSPS) is 41.1. The van der Waals surface area contributed by atoms with Gasteiger partial charge in [-0.25, -0.2) is 19.4 Å². The molecular weight excluding hydrogens is 256 g/mol. The second-order valence-electron chi connectivity index (χ2n) is 5.46. The number of hydrogen-bond donors (Lipinski definition) is 2. The number of fused-ring (bicyclic) bond motifs is 1. The summed E-state index contributed by atoms with van der Waals surface area (Å²) in [4.78, 5) is 12.1. The zero-order valence-corrected chi connectivity index (χ0v) is 11.0. The zero-order valence-electron chi connectivity index (χ0n) is 11.0. The van der Waals surface area contributed by atoms with Gasteiger partial charge in [-0.15, -0.1) is 0 Å². The molecule has 4 atom stereocenters. The first kappa shape index (κ1) is 14.0. The molecule has 2 rings (SSSR count). The Hall–Kier alpha value is -1.37. The highest BCUT2D eigenvalue weighted by Gasteiger charge is 2.67. The van der Waals surface area contributed by atoms with Crippen LogP contribution in [0.25, 0.3) is 0 Å². The van der Waals surface area contributed by atoms with Gasteiger partial charge in [-0.05, 0) is 13.3 Å². The maximum absolute atomic E-state index is 14.0. The van der Waals surface area contributed by atoms with Crippen LogP contribution in [0.15, 0.2) is 12.4 Å². The number of alkyl halides is 2. The molecule has 2 fully saturated rings. The SMILES string of the molecule is CC1OC(=O)C2(N(N)/C=C\N)CC(F)(F)C(C)CC12. The third-order valence-corrected chi connectivity index (χ3v) is 4.37. The van der Waals surface area contributed by atoms with Crippen molar-refractivity contribution < 1.29 is 18.3 Å². The van der Waals surface area contributed by atoms with E-state index in [-0.39, 0.29) is 12.3 Å². The van der Waals surface area contributed by atoms with Crippen LogP contribution in [-0.2, 0) is 9.53 Å². The van der Waals surface area contributed by atoms with Crippen molar-refractivity contribution in [2.75, 3.05) is 0 Å². The molecule has 1 saturated carbocycles. The molecule has 1 saturated heterocycles. The lowest BCUT2D eigenvalue weighted by Crippen LogP contribution is -2.64. The summed E-state index contributed by atoms with van der Waals surface area (Å²) in [6.07, 6.45) is 1.47. The molecule has 1 aliphatic heterocycles. The number of carbonyl (C=O) groups excluding carboxylic acids is 1. The van der Waals surface area contributed by atoms with Gasteiger partial charge in [-0.3, -0.25) is 5.01 Å². The van der Waals surface area contributed by atoms with Gasteiger partial charge in [-0.1, -0.05) is 6.92 Å². The van der Waals surface area contributed by atoms with Gasteiger partial charge in [0.25, 0.3) is 5.92 Å². The Bertz CT molecular complexity index is 416. The molecule has 0 bridgehead atoms. The number of carbonyl (C=O) groups is 1. The van der Waals surface area contributed by atoms with Crippen LogP contribution in [0.4, 0.5) is 8.78 Å². The van der Waals surface area contributed by atoms with E-state index in [9.17, 15) is 13.6 Å². The number of cyclic esters (lactones) is 1. The van der Waals surface area contributed by atoms with Crippen molar-refractivity contribution in [3.63, 3.8) is 0 Å². The Morgan fingerprint density at radius 3 is 2.68 bits per heavy atom. The molecular formula is C12H19F2N3O2. The molecule has 7 heteroatoms. The zero-order chi connectivity index (χ0) is 14.4. The number of hydrazine groups is 1. The number of rotatable bonds is 2. The highest BCUT2D eigenvalue weighted by molar-refractivity contribution is 5.84. The van der Waals surface area contributed by atoms with Crippen molar-refractivity contribution in [2.24, 2.45) is 23.4 Å². The number of ether oxygens (including phenoxy) is 1. The van der Waals surface area contributed by atoms with E-state index < -0.39 is 35.9 Å². The van der Waals surface area contributed by atoms with E-state index in [2.05, 4.69) is 0 Å². The summed E-state index contributed by atoms with van der Waals surface area (Å²) in [5.41, 5.74) is 3.73. The highest BCUT2D eigenvalue weighted by atomic mass is 19.3. The van der Waals surface area contributed by atoms with Crippen LogP contribution in [0.3, 0.4) is 0 Å². The molecule has 0 amide bonds. The smallest absolute Gasteiger partial charge is 0.334 e. The van der Waals surface area contributed by atoms with Gasteiger partial charge in [0, 0.05) is 30.7 Å². The van der Waals surface area contributed by atoms with Crippen LogP contribution in [0.1, 0.15) is 26.7 Å². The lowest BCUT2D eigenvalue weighted by molar-refractivity contribution is -0.166. The fourth-order valence-electron chi connectivity index (χ4n) is 3.18. The number of hydrogen-bond acceptors (Lipinski definition) is 5. The van der Waals surface area contributed by atoms with Crippen LogP contribution in [0.2, 0.25) is 0 Å². The third-order valence-electron chi connectivity index (χ3n) is 4.37. The predicted molar refractivity (Wildman–Crippen MR) is 64.5 cm³/mol. The standard InChI is InChI=1S/C12H19F2N3O2/c1-7-5-9-8(2)19-10(18)11(9,6-12(7,13)14)17(16)4-3-15/h3-4,7-9H,5-6,15-16H2,1-2H3/b4-3-. The molecule has 2 aliphatic rings. The molecule has 0 aromatic carbocycles. The Morgan fingerprint density at radius 2 is 2.11 bits per heavy atom. The summed E-state index contributed by atoms with van der Waals surface area (Å²) < 4.78 is 33.2. The summed E-state index contributed by atoms with van der Waals surface area (Å²) in [7, 11) is 0. The molecule has 4 N–H and O–H groups in total. The summed E-state index contributed by atoms with van der Waals surface area (Å²) in [6.45, 7) is 3.19. The average molecular weight is 275 g/mol. The number of nitrogens with zero attached hydrogens (tertiary/aromatic N) is 1. The molecule has 108 valence electrons. The molecule has 19 heavy (non-hydrogen) atoms. The van der Waals surface area contributed by atoms with Crippen LogP contribution >= 0.6 is 0 Å². The van der Waals surface area contributed by atoms with E-state index in [1.807, 2.05) is 0 Å². The largest absolute Gasteiger partial charge is 0.460 e. The summed E-state index contributed by atoms with van der Waals surface area (Å²) in [5, 5.41) is 0.989. The van der Waals surface area contributed by atoms with Gasteiger partial charge in [0.15, 0.2) is 5.54 Å². The van der Waals surface area contributed by atoms with E-state index in [1.54, 1.807) is 6.92 Å². The van der Waals surface area contributed by atoms with Gasteiger partial charge < -0.3 is 10.5 Å². The number of nitrogens with two attached hydrogens (primary N) is 2. The van der Waals surface area contributed by atoms with Crippen LogP contribution < -0.4 is 11.6 Å². The Labute approximate surface area is 110 Å². The topological polar surface area (TPSA) is 81.6 Å². The number of halogens is 2. The fourth-order valence-corrected chi connectivity index (χ4v) is 3.18. The summed E-state index contributed by atoms with van der Waals surface area (Å²) in [6, 6.07) is 0. The highest BCUT2D eigenvalue weighted by Crippen LogP contribution is 2.53. The second-order valence-corrected chi connectivity index (χ2v) is 5.46. The summed E-state index contributed by atoms with van der Waals surface area (Å²) in [5.74, 6) is 0.958. The van der Waals surface area contributed by atoms with Crippen molar-refractivity contribution in [1.82, 2.24) is 5.01 Å². The van der Waals surface area contributed by atoms with Gasteiger partial charge in [-0.2, -0.15) is 0 Å². The lowest BCUT2D eigenvalue weighted by atomic mass is 9.66. The Morgan fingerprint density at radius 1 is 1.47 bits per heavy atom. The maximum atomic E-state index is 14.0. The monoisotopic (exact) mass is 275 g/mol. The first-order valence-electron chi connectivity index (χ1n) is 6.27. The molecule has 1 aliphatic carbocycles. The third kappa shape index (κ3) is 1.87. The quantitative estimate of drug-likeness (QED) is 0.445. The van der Waals surface area contributed by atoms with E-state index in [4.69, 9.17) is 16.3 Å². The van der Waals surface area contributed by atoms with Crippen LogP contribution in [-0.4, -0.2) is 28.5 Å². The van der Waals surface area contributed by atoms with E-state index in [1.165, 1.54) is 13.1 Å². The Kier molecular flexibility index (Phi) is 3.20. The van der Waals surface area contributed by atoms with Crippen LogP contribution in [0, 0.1) is 11.8 Å². The van der Waals surface area contributed by atoms with Crippen molar-refractivity contribution in [3.05, 3.63) is 12.4 Å². The van der Waals surface area contributed by atoms with Gasteiger partial charge in [0.05, 0.1) is 0 Å². The molecule has 0 spiro atoms. The van der Waals surface area contributed by atoms with Gasteiger partial charge in [0.1, 0.15) is 6.10 Å². The molecule has 1 heterocycles. The number of esters is 1. The molecule has 5 nitrogen and oxygen atoms in total. The maximum Gasteiger partial charge on any atom is 0.334 e. The fraction of sp³-hybridized carbons (Fsp3) is 0.750. The van der Waals surface area contributed by atoms with Crippen molar-refractivity contribution in [2.45, 2.75) is 44.3 Å². The van der Waals surface area contributed by atoms with Gasteiger partial charge in [0.2, 0.25) is 0 Å². The van der Waals surface area contributed by atoms with E-state index in [0.29, 0.717) is 0 Å². The first-order chi connectivity index (χ1) is 8.75. The molecule has 0 aromatic heterocycles. The van der Waals surface area contributed by atoms with E-state index in [0.717, 1.165) is 11.2 Å². The first-order valence-corrected chi connectivity index (χ1v) is 6.27. The minimum absolute atomic E-state index is 0.187. The van der Waals surface area contributed by atoms with Crippen molar-refractivity contribution in [3.8, 4) is 0 Å². The van der Waals surface area contributed by atoms with Gasteiger partial charge >= 0.3 is 5.97 Å². The predicted octanol–water partition coefficient (Wildman–Crippen LogP) is 0.957. The second kappa shape index (κ2) is 4.33. The Balaban J connectivity index is 2.46. The van der Waals surface area contributed by atoms with Crippen molar-refractivity contribution in [1.29, 1.82) is 0 Å². The molecule has 4 unspecified atom stereocenters. The van der Waals surface area contributed by atoms with E-state index >= 15 is 0 Å². The lowest BCUT2D eigenvalue weighted by Gasteiger charge is -2.46. The van der Waals surface area contributed by atoms with Crippen molar-refractivity contribution >= 4 is 5.97 Å². The minimum Gasteiger partial charge on any atom is -0.460 e. The molecule has 0 radical (unpaired) electrons. The molecule has 0 aromatic rings. The van der Waals surface area contributed by atoms with Crippen LogP contribution in [0.5, 0.6) is 0 Å². The average Bonchev–Trinajstić information content (AvgIpc) is 2.53. The summed E-state index contributed by atoms with van der Waals surface area (Å²) >= 11 is 0. The minimum atomic E-state index is -2.96.